The number of sulfonamides is 1. The number of carbonyl (C=O) groups is 1. The van der Waals surface area contributed by atoms with Gasteiger partial charge in [0.1, 0.15) is 0 Å². The van der Waals surface area contributed by atoms with E-state index >= 15 is 0 Å². The third-order valence-electron chi connectivity index (χ3n) is 3.75. The lowest BCUT2D eigenvalue weighted by atomic mass is 10.3. The maximum absolute atomic E-state index is 12.6. The minimum atomic E-state index is -3.83. The zero-order valence-electron chi connectivity index (χ0n) is 15.4. The molecule has 1 aliphatic heterocycles. The molecule has 0 spiro atoms. The lowest BCUT2D eigenvalue weighted by molar-refractivity contribution is -0.123. The van der Waals surface area contributed by atoms with E-state index in [4.69, 9.17) is 0 Å². The van der Waals surface area contributed by atoms with Crippen molar-refractivity contribution in [1.82, 2.24) is 14.9 Å². The van der Waals surface area contributed by atoms with Crippen molar-refractivity contribution in [3.05, 3.63) is 54.4 Å². The quantitative estimate of drug-likeness (QED) is 0.725. The van der Waals surface area contributed by atoms with Crippen LogP contribution in [0.3, 0.4) is 0 Å². The van der Waals surface area contributed by atoms with E-state index in [-0.39, 0.29) is 16.8 Å². The molecule has 1 saturated heterocycles. The van der Waals surface area contributed by atoms with E-state index in [1.165, 1.54) is 23.9 Å². The number of nitrogens with one attached hydrogen (secondary N) is 1. The summed E-state index contributed by atoms with van der Waals surface area (Å²) in [7, 11) is -3.83. The first-order valence-corrected chi connectivity index (χ1v) is 10.8. The van der Waals surface area contributed by atoms with Crippen LogP contribution in [-0.2, 0) is 14.8 Å². The van der Waals surface area contributed by atoms with Crippen LogP contribution in [-0.4, -0.2) is 46.7 Å². The lowest BCUT2D eigenvalue weighted by Crippen LogP contribution is -2.29. The van der Waals surface area contributed by atoms with Gasteiger partial charge < -0.3 is 0 Å². The van der Waals surface area contributed by atoms with Crippen molar-refractivity contribution in [3.63, 3.8) is 0 Å². The third kappa shape index (κ3) is 4.57. The number of aliphatic imine (C=N–C) groups is 1. The van der Waals surface area contributed by atoms with Crippen LogP contribution in [0.5, 0.6) is 0 Å². The highest BCUT2D eigenvalue weighted by molar-refractivity contribution is 8.15. The number of hydrogen-bond donors (Lipinski definition) is 1. The van der Waals surface area contributed by atoms with E-state index in [0.29, 0.717) is 34.5 Å². The predicted molar refractivity (Wildman–Crippen MR) is 110 cm³/mol. The molecule has 1 amide bonds. The van der Waals surface area contributed by atoms with E-state index in [9.17, 15) is 13.2 Å². The fraction of sp³-hybridized carbons (Fsp3) is 0.222. The summed E-state index contributed by atoms with van der Waals surface area (Å²) in [6, 6.07) is 7.82. The molecule has 28 heavy (non-hydrogen) atoms. The summed E-state index contributed by atoms with van der Waals surface area (Å²) in [6.45, 7) is 7.56. The van der Waals surface area contributed by atoms with Crippen molar-refractivity contribution >= 4 is 44.5 Å². The van der Waals surface area contributed by atoms with Crippen LogP contribution >= 0.6 is 11.8 Å². The van der Waals surface area contributed by atoms with Gasteiger partial charge >= 0.3 is 0 Å². The van der Waals surface area contributed by atoms with Crippen LogP contribution in [0, 0.1) is 13.8 Å². The Kier molecular flexibility index (Phi) is 5.80. The van der Waals surface area contributed by atoms with Gasteiger partial charge in [0.2, 0.25) is 11.9 Å². The van der Waals surface area contributed by atoms with Gasteiger partial charge in [0.05, 0.1) is 16.3 Å². The molecule has 2 aromatic rings. The molecule has 10 heteroatoms. The van der Waals surface area contributed by atoms with Gasteiger partial charge in [-0.3, -0.25) is 9.69 Å². The molecular weight excluding hydrogens is 398 g/mol. The molecule has 2 heterocycles. The number of amidine groups is 1. The van der Waals surface area contributed by atoms with E-state index < -0.39 is 10.0 Å². The topological polar surface area (TPSA) is 105 Å². The van der Waals surface area contributed by atoms with Crippen LogP contribution in [0.1, 0.15) is 11.4 Å². The number of aromatic nitrogens is 2. The van der Waals surface area contributed by atoms with Gasteiger partial charge in [-0.2, -0.15) is 0 Å². The molecule has 1 aliphatic rings. The number of aryl methyl sites for hydroxylation is 2. The molecule has 0 aliphatic carbocycles. The third-order valence-corrected chi connectivity index (χ3v) is 6.05. The summed E-state index contributed by atoms with van der Waals surface area (Å²) in [4.78, 5) is 26.1. The Labute approximate surface area is 167 Å². The monoisotopic (exact) mass is 417 g/mol. The fourth-order valence-electron chi connectivity index (χ4n) is 2.55. The van der Waals surface area contributed by atoms with Gasteiger partial charge in [-0.25, -0.2) is 28.1 Å². The first-order valence-electron chi connectivity index (χ1n) is 8.36. The molecule has 0 bridgehead atoms. The molecule has 1 N–H and O–H groups in total. The lowest BCUT2D eigenvalue weighted by Gasteiger charge is -2.13. The summed E-state index contributed by atoms with van der Waals surface area (Å²) < 4.78 is 27.5. The van der Waals surface area contributed by atoms with Gasteiger partial charge in [-0.1, -0.05) is 17.8 Å². The molecule has 0 unspecified atom stereocenters. The van der Waals surface area contributed by atoms with Gasteiger partial charge in [0.25, 0.3) is 10.0 Å². The Hall–Kier alpha value is -2.72. The number of benzene rings is 1. The molecule has 8 nitrogen and oxygen atoms in total. The maximum atomic E-state index is 12.6. The second-order valence-electron chi connectivity index (χ2n) is 6.05. The summed E-state index contributed by atoms with van der Waals surface area (Å²) in [5.41, 5.74) is 1.89. The van der Waals surface area contributed by atoms with Crippen molar-refractivity contribution in [2.75, 3.05) is 17.0 Å². The number of nitrogens with zero attached hydrogens (tertiary/aromatic N) is 4. The van der Waals surface area contributed by atoms with Crippen molar-refractivity contribution in [1.29, 1.82) is 0 Å². The number of hydrogen-bond acceptors (Lipinski definition) is 7. The van der Waals surface area contributed by atoms with Gasteiger partial charge in [-0.15, -0.1) is 6.58 Å². The zero-order valence-corrected chi connectivity index (χ0v) is 17.0. The fourth-order valence-corrected chi connectivity index (χ4v) is 4.41. The molecule has 1 aromatic carbocycles. The number of rotatable bonds is 6. The SMILES string of the molecule is C=CCN1C(=O)CSC1=Nc1ccc(S(=O)(=O)Nc2nc(C)cc(C)n2)cc1. The Morgan fingerprint density at radius 3 is 2.50 bits per heavy atom. The smallest absolute Gasteiger partial charge is 0.264 e. The standard InChI is InChI=1S/C18H19N5O3S2/c1-4-9-23-16(24)11-27-18(23)21-14-5-7-15(8-6-14)28(25,26)22-17-19-12(2)10-13(3)20-17/h4-8,10H,1,9,11H2,2-3H3,(H,19,20,22). The van der Waals surface area contributed by atoms with Crippen molar-refractivity contribution in [3.8, 4) is 0 Å². The first-order chi connectivity index (χ1) is 13.3. The second kappa shape index (κ2) is 8.11. The summed E-state index contributed by atoms with van der Waals surface area (Å²) in [6.07, 6.45) is 1.63. The van der Waals surface area contributed by atoms with E-state index in [1.54, 1.807) is 43.0 Å². The molecule has 3 rings (SSSR count). The van der Waals surface area contributed by atoms with Crippen LogP contribution in [0.25, 0.3) is 0 Å². The highest BCUT2D eigenvalue weighted by Crippen LogP contribution is 2.25. The largest absolute Gasteiger partial charge is 0.287 e. The highest BCUT2D eigenvalue weighted by Gasteiger charge is 2.27. The zero-order chi connectivity index (χ0) is 20.3. The van der Waals surface area contributed by atoms with Crippen molar-refractivity contribution < 1.29 is 13.2 Å². The Morgan fingerprint density at radius 1 is 1.25 bits per heavy atom. The number of thioether (sulfide) groups is 1. The minimum Gasteiger partial charge on any atom is -0.287 e. The maximum Gasteiger partial charge on any atom is 0.264 e. The van der Waals surface area contributed by atoms with Gasteiger partial charge in [0.15, 0.2) is 5.17 Å². The summed E-state index contributed by atoms with van der Waals surface area (Å²) >= 11 is 1.34. The molecule has 0 atom stereocenters. The van der Waals surface area contributed by atoms with Crippen molar-refractivity contribution in [2.24, 2.45) is 4.99 Å². The Morgan fingerprint density at radius 2 is 1.89 bits per heavy atom. The second-order valence-corrected chi connectivity index (χ2v) is 8.67. The number of carbonyl (C=O) groups excluding carboxylic acids is 1. The molecule has 0 radical (unpaired) electrons. The van der Waals surface area contributed by atoms with Crippen LogP contribution < -0.4 is 4.72 Å². The number of amides is 1. The molecule has 1 fully saturated rings. The molecule has 1 aromatic heterocycles. The van der Waals surface area contributed by atoms with E-state index in [2.05, 4.69) is 26.3 Å². The minimum absolute atomic E-state index is 0.0273. The average molecular weight is 418 g/mol. The Bertz CT molecular complexity index is 1030. The predicted octanol–water partition coefficient (Wildman–Crippen LogP) is 2.64. The van der Waals surface area contributed by atoms with Crippen LogP contribution in [0.15, 0.2) is 52.9 Å². The molecule has 146 valence electrons. The van der Waals surface area contributed by atoms with E-state index in [0.717, 1.165) is 0 Å². The summed E-state index contributed by atoms with van der Waals surface area (Å²) in [5, 5.41) is 0.572. The van der Waals surface area contributed by atoms with Crippen LogP contribution in [0.2, 0.25) is 0 Å². The van der Waals surface area contributed by atoms with Crippen LogP contribution in [0.4, 0.5) is 11.6 Å². The molecule has 0 saturated carbocycles. The highest BCUT2D eigenvalue weighted by atomic mass is 32.2. The summed E-state index contributed by atoms with van der Waals surface area (Å²) in [5.74, 6) is 0.335. The van der Waals surface area contributed by atoms with E-state index in [1.807, 2.05) is 0 Å². The molecular formula is C18H19N5O3S2. The van der Waals surface area contributed by atoms with Gasteiger partial charge in [0, 0.05) is 17.9 Å². The normalized spacial score (nSPS) is 15.9. The van der Waals surface area contributed by atoms with Gasteiger partial charge in [-0.05, 0) is 44.2 Å². The first kappa shape index (κ1) is 20.0. The average Bonchev–Trinajstić information content (AvgIpc) is 2.95. The Balaban J connectivity index is 1.80. The van der Waals surface area contributed by atoms with Crippen molar-refractivity contribution in [2.45, 2.75) is 18.7 Å². The number of anilines is 1.